The maximum absolute atomic E-state index is 10.3. The molecule has 1 aliphatic rings. The summed E-state index contributed by atoms with van der Waals surface area (Å²) in [7, 11) is 0. The first-order chi connectivity index (χ1) is 6.40. The van der Waals surface area contributed by atoms with Crippen molar-refractivity contribution in [3.05, 3.63) is 40.8 Å². The minimum Gasteiger partial charge on any atom is -0.151 e. The summed E-state index contributed by atoms with van der Waals surface area (Å²) >= 11 is 0. The zero-order valence-electron chi connectivity index (χ0n) is 7.52. The second-order valence-corrected chi connectivity index (χ2v) is 3.68. The summed E-state index contributed by atoms with van der Waals surface area (Å²) in [5, 5.41) is 3.11. The molecule has 1 aromatic carbocycles. The van der Waals surface area contributed by atoms with Crippen LogP contribution >= 0.6 is 0 Å². The van der Waals surface area contributed by atoms with Crippen molar-refractivity contribution >= 4 is 0 Å². The van der Waals surface area contributed by atoms with Gasteiger partial charge in [-0.05, 0) is 30.7 Å². The van der Waals surface area contributed by atoms with Crippen molar-refractivity contribution in [2.75, 3.05) is 0 Å². The fourth-order valence-corrected chi connectivity index (χ4v) is 2.08. The molecule has 1 aliphatic carbocycles. The third kappa shape index (κ3) is 1.77. The van der Waals surface area contributed by atoms with Gasteiger partial charge >= 0.3 is 0 Å². The van der Waals surface area contributed by atoms with Gasteiger partial charge in [0.2, 0.25) is 0 Å². The zero-order chi connectivity index (χ0) is 9.10. The van der Waals surface area contributed by atoms with Gasteiger partial charge in [0.05, 0.1) is 6.04 Å². The standard InChI is InChI=1S/C11H13NO/c13-12-11-7-6-10(8-11)9-4-2-1-3-5-9/h1-5,10-11H,6-8H2/t10-,11?/m0/s1. The van der Waals surface area contributed by atoms with Gasteiger partial charge in [-0.1, -0.05) is 35.5 Å². The summed E-state index contributed by atoms with van der Waals surface area (Å²) in [6, 6.07) is 10.5. The van der Waals surface area contributed by atoms with Gasteiger partial charge in [-0.2, -0.15) is 4.91 Å². The molecule has 2 atom stereocenters. The summed E-state index contributed by atoms with van der Waals surface area (Å²) in [6.45, 7) is 0. The summed E-state index contributed by atoms with van der Waals surface area (Å²) in [5.74, 6) is 0.559. The second-order valence-electron chi connectivity index (χ2n) is 3.68. The predicted molar refractivity (Wildman–Crippen MR) is 52.6 cm³/mol. The van der Waals surface area contributed by atoms with Gasteiger partial charge in [0.15, 0.2) is 0 Å². The van der Waals surface area contributed by atoms with Gasteiger partial charge in [0.25, 0.3) is 0 Å². The van der Waals surface area contributed by atoms with E-state index in [1.807, 2.05) is 6.07 Å². The highest BCUT2D eigenvalue weighted by Crippen LogP contribution is 2.35. The Labute approximate surface area is 77.9 Å². The molecule has 0 N–H and O–H groups in total. The lowest BCUT2D eigenvalue weighted by atomic mass is 9.98. The third-order valence-corrected chi connectivity index (χ3v) is 2.82. The maximum Gasteiger partial charge on any atom is 0.0925 e. The topological polar surface area (TPSA) is 29.4 Å². The Morgan fingerprint density at radius 3 is 2.54 bits per heavy atom. The van der Waals surface area contributed by atoms with E-state index in [0.29, 0.717) is 5.92 Å². The van der Waals surface area contributed by atoms with E-state index in [4.69, 9.17) is 0 Å². The van der Waals surface area contributed by atoms with Crippen molar-refractivity contribution < 1.29 is 0 Å². The Morgan fingerprint density at radius 2 is 1.92 bits per heavy atom. The quantitative estimate of drug-likeness (QED) is 0.635. The van der Waals surface area contributed by atoms with Gasteiger partial charge < -0.3 is 0 Å². The predicted octanol–water partition coefficient (Wildman–Crippen LogP) is 3.09. The molecule has 0 bridgehead atoms. The van der Waals surface area contributed by atoms with Crippen molar-refractivity contribution in [3.8, 4) is 0 Å². The van der Waals surface area contributed by atoms with Crippen LogP contribution < -0.4 is 0 Å². The Morgan fingerprint density at radius 1 is 1.15 bits per heavy atom. The average molecular weight is 175 g/mol. The van der Waals surface area contributed by atoms with E-state index in [2.05, 4.69) is 29.4 Å². The lowest BCUT2D eigenvalue weighted by Crippen LogP contribution is -1.96. The van der Waals surface area contributed by atoms with Crippen LogP contribution in [0.25, 0.3) is 0 Å². The Kier molecular flexibility index (Phi) is 2.39. The summed E-state index contributed by atoms with van der Waals surface area (Å²) in [5.41, 5.74) is 1.36. The monoisotopic (exact) mass is 175 g/mol. The van der Waals surface area contributed by atoms with Crippen LogP contribution in [0.4, 0.5) is 0 Å². The highest BCUT2D eigenvalue weighted by molar-refractivity contribution is 5.20. The molecule has 1 unspecified atom stereocenters. The first-order valence-electron chi connectivity index (χ1n) is 4.77. The molecule has 68 valence electrons. The molecule has 0 saturated heterocycles. The van der Waals surface area contributed by atoms with Gasteiger partial charge in [0.1, 0.15) is 0 Å². The van der Waals surface area contributed by atoms with Crippen LogP contribution in [0.3, 0.4) is 0 Å². The fraction of sp³-hybridized carbons (Fsp3) is 0.455. The van der Waals surface area contributed by atoms with Gasteiger partial charge in [-0.3, -0.25) is 0 Å². The lowest BCUT2D eigenvalue weighted by molar-refractivity contribution is 0.672. The summed E-state index contributed by atoms with van der Waals surface area (Å²) < 4.78 is 0. The normalized spacial score (nSPS) is 27.4. The highest BCUT2D eigenvalue weighted by Gasteiger charge is 2.25. The van der Waals surface area contributed by atoms with Crippen molar-refractivity contribution in [1.82, 2.24) is 0 Å². The molecule has 1 saturated carbocycles. The molecule has 0 aromatic heterocycles. The smallest absolute Gasteiger partial charge is 0.0925 e. The number of benzene rings is 1. The maximum atomic E-state index is 10.3. The number of nitrogens with zero attached hydrogens (tertiary/aromatic N) is 1. The molecule has 13 heavy (non-hydrogen) atoms. The van der Waals surface area contributed by atoms with Crippen molar-refractivity contribution in [1.29, 1.82) is 0 Å². The van der Waals surface area contributed by atoms with E-state index in [1.54, 1.807) is 0 Å². The van der Waals surface area contributed by atoms with Gasteiger partial charge in [-0.15, -0.1) is 0 Å². The van der Waals surface area contributed by atoms with Crippen molar-refractivity contribution in [2.24, 2.45) is 5.18 Å². The highest BCUT2D eigenvalue weighted by atomic mass is 16.3. The van der Waals surface area contributed by atoms with Crippen LogP contribution in [-0.2, 0) is 0 Å². The SMILES string of the molecule is O=NC1CC[C@H](c2ccccc2)C1. The number of nitroso groups, excluding NO2 is 1. The van der Waals surface area contributed by atoms with E-state index >= 15 is 0 Å². The molecule has 2 nitrogen and oxygen atoms in total. The first kappa shape index (κ1) is 8.42. The van der Waals surface area contributed by atoms with Crippen LogP contribution in [0.2, 0.25) is 0 Å². The van der Waals surface area contributed by atoms with Crippen molar-refractivity contribution in [3.63, 3.8) is 0 Å². The Bertz CT molecular complexity index is 283. The Balaban J connectivity index is 2.08. The fourth-order valence-electron chi connectivity index (χ4n) is 2.08. The number of rotatable bonds is 2. The van der Waals surface area contributed by atoms with Gasteiger partial charge in [-0.25, -0.2) is 0 Å². The molecular weight excluding hydrogens is 162 g/mol. The summed E-state index contributed by atoms with van der Waals surface area (Å²) in [4.78, 5) is 10.3. The molecule has 2 heteroatoms. The molecule has 1 fully saturated rings. The molecule has 0 amide bonds. The second kappa shape index (κ2) is 3.69. The van der Waals surface area contributed by atoms with Crippen LogP contribution in [0.15, 0.2) is 35.5 Å². The zero-order valence-corrected chi connectivity index (χ0v) is 7.52. The molecule has 0 aliphatic heterocycles. The average Bonchev–Trinajstić information content (AvgIpc) is 2.67. The van der Waals surface area contributed by atoms with Crippen LogP contribution in [0.5, 0.6) is 0 Å². The largest absolute Gasteiger partial charge is 0.151 e. The van der Waals surface area contributed by atoms with Crippen molar-refractivity contribution in [2.45, 2.75) is 31.2 Å². The molecular formula is C11H13NO. The first-order valence-corrected chi connectivity index (χ1v) is 4.77. The lowest BCUT2D eigenvalue weighted by Gasteiger charge is -2.07. The van der Waals surface area contributed by atoms with E-state index in [9.17, 15) is 4.91 Å². The summed E-state index contributed by atoms with van der Waals surface area (Å²) in [6.07, 6.45) is 3.01. The van der Waals surface area contributed by atoms with Crippen LogP contribution in [-0.4, -0.2) is 6.04 Å². The van der Waals surface area contributed by atoms with E-state index < -0.39 is 0 Å². The van der Waals surface area contributed by atoms with E-state index in [-0.39, 0.29) is 6.04 Å². The molecule has 0 radical (unpaired) electrons. The van der Waals surface area contributed by atoms with E-state index in [1.165, 1.54) is 5.56 Å². The van der Waals surface area contributed by atoms with Crippen LogP contribution in [0, 0.1) is 4.91 Å². The molecule has 1 aromatic rings. The molecule has 2 rings (SSSR count). The van der Waals surface area contributed by atoms with E-state index in [0.717, 1.165) is 19.3 Å². The minimum atomic E-state index is 0.0604. The molecule has 0 spiro atoms. The molecule has 0 heterocycles. The number of hydrogen-bond acceptors (Lipinski definition) is 2. The number of hydrogen-bond donors (Lipinski definition) is 0. The minimum absolute atomic E-state index is 0.0604. The van der Waals surface area contributed by atoms with Crippen LogP contribution in [0.1, 0.15) is 30.7 Å². The third-order valence-electron chi connectivity index (χ3n) is 2.82. The van der Waals surface area contributed by atoms with Gasteiger partial charge in [0, 0.05) is 0 Å². The Hall–Kier alpha value is -1.18.